The summed E-state index contributed by atoms with van der Waals surface area (Å²) in [5, 5.41) is 6.65. The Kier molecular flexibility index (Phi) is 6.61. The van der Waals surface area contributed by atoms with Gasteiger partial charge in [-0.2, -0.15) is 0 Å². The highest BCUT2D eigenvalue weighted by Crippen LogP contribution is 2.29. The minimum absolute atomic E-state index is 0.0922. The third-order valence-electron chi connectivity index (χ3n) is 5.12. The zero-order valence-electron chi connectivity index (χ0n) is 18.0. The van der Waals surface area contributed by atoms with Gasteiger partial charge in [0.05, 0.1) is 15.9 Å². The zero-order chi connectivity index (χ0) is 21.9. The van der Waals surface area contributed by atoms with E-state index in [1.165, 1.54) is 11.3 Å². The van der Waals surface area contributed by atoms with Crippen LogP contribution in [0.25, 0.3) is 0 Å². The summed E-state index contributed by atoms with van der Waals surface area (Å²) in [6, 6.07) is 11.2. The van der Waals surface area contributed by atoms with Gasteiger partial charge >= 0.3 is 0 Å². The molecule has 2 aromatic rings. The van der Waals surface area contributed by atoms with Crippen LogP contribution in [0.2, 0.25) is 0 Å². The van der Waals surface area contributed by atoms with Crippen LogP contribution in [0.5, 0.6) is 0 Å². The molecule has 3 amide bonds. The van der Waals surface area contributed by atoms with Crippen LogP contribution in [0, 0.1) is 12.3 Å². The summed E-state index contributed by atoms with van der Waals surface area (Å²) in [5.74, 6) is -0.163. The first kappa shape index (κ1) is 22.0. The Morgan fingerprint density at radius 1 is 1.20 bits per heavy atom. The Balaban J connectivity index is 1.77. The summed E-state index contributed by atoms with van der Waals surface area (Å²) in [5.41, 5.74) is 1.26. The molecular weight excluding hydrogens is 398 g/mol. The average molecular weight is 428 g/mol. The minimum Gasteiger partial charge on any atom is -0.343 e. The second-order valence-electron chi connectivity index (χ2n) is 8.71. The van der Waals surface area contributed by atoms with Crippen molar-refractivity contribution >= 4 is 34.1 Å². The van der Waals surface area contributed by atoms with Gasteiger partial charge in [-0.05, 0) is 30.5 Å². The van der Waals surface area contributed by atoms with E-state index < -0.39 is 5.41 Å². The second-order valence-corrected chi connectivity index (χ2v) is 9.76. The monoisotopic (exact) mass is 427 g/mol. The van der Waals surface area contributed by atoms with E-state index in [1.807, 2.05) is 69.0 Å². The van der Waals surface area contributed by atoms with Crippen molar-refractivity contribution in [2.24, 2.45) is 5.41 Å². The Hall–Kier alpha value is -2.67. The van der Waals surface area contributed by atoms with Crippen molar-refractivity contribution in [1.82, 2.24) is 10.2 Å². The number of aryl methyl sites for hydroxylation is 1. The van der Waals surface area contributed by atoms with Crippen LogP contribution >= 0.6 is 11.3 Å². The smallest absolute Gasteiger partial charge is 0.262 e. The molecule has 0 spiro atoms. The maximum absolute atomic E-state index is 13.1. The van der Waals surface area contributed by atoms with Crippen molar-refractivity contribution in [2.75, 3.05) is 18.4 Å². The lowest BCUT2D eigenvalue weighted by atomic mass is 9.96. The number of carbonyl (C=O) groups is 3. The summed E-state index contributed by atoms with van der Waals surface area (Å²) in [4.78, 5) is 39.8. The first-order valence-corrected chi connectivity index (χ1v) is 11.0. The van der Waals surface area contributed by atoms with Gasteiger partial charge in [-0.3, -0.25) is 14.4 Å². The minimum atomic E-state index is -0.513. The number of thiophene rings is 1. The van der Waals surface area contributed by atoms with Crippen molar-refractivity contribution < 1.29 is 14.4 Å². The van der Waals surface area contributed by atoms with E-state index in [1.54, 1.807) is 0 Å². The molecule has 160 valence electrons. The first-order valence-electron chi connectivity index (χ1n) is 10.2. The van der Waals surface area contributed by atoms with E-state index in [0.717, 1.165) is 24.1 Å². The summed E-state index contributed by atoms with van der Waals surface area (Å²) < 4.78 is 0. The highest BCUT2D eigenvalue weighted by Gasteiger charge is 2.27. The molecule has 7 heteroatoms. The third-order valence-corrected chi connectivity index (χ3v) is 6.27. The van der Waals surface area contributed by atoms with Gasteiger partial charge in [0, 0.05) is 24.9 Å². The van der Waals surface area contributed by atoms with Crippen LogP contribution in [0.1, 0.15) is 60.5 Å². The number of benzene rings is 1. The van der Waals surface area contributed by atoms with Crippen LogP contribution in [-0.4, -0.2) is 35.7 Å². The molecule has 1 aliphatic rings. The van der Waals surface area contributed by atoms with Crippen molar-refractivity contribution in [2.45, 2.75) is 46.6 Å². The predicted octanol–water partition coefficient (Wildman–Crippen LogP) is 4.13. The highest BCUT2D eigenvalue weighted by atomic mass is 32.1. The van der Waals surface area contributed by atoms with Gasteiger partial charge < -0.3 is 15.5 Å². The largest absolute Gasteiger partial charge is 0.343 e. The molecular formula is C23H29N3O3S. The van der Waals surface area contributed by atoms with Gasteiger partial charge in [-0.15, -0.1) is 11.3 Å². The van der Waals surface area contributed by atoms with Crippen LogP contribution in [-0.2, 0) is 9.59 Å². The number of rotatable bonds is 6. The second kappa shape index (κ2) is 9.00. The number of nitrogens with zero attached hydrogens (tertiary/aromatic N) is 1. The molecule has 0 saturated carbocycles. The van der Waals surface area contributed by atoms with Gasteiger partial charge in [-0.25, -0.2) is 0 Å². The lowest BCUT2D eigenvalue weighted by Gasteiger charge is -2.25. The normalized spacial score (nSPS) is 15.2. The van der Waals surface area contributed by atoms with Crippen molar-refractivity contribution in [1.29, 1.82) is 0 Å². The standard InChI is InChI=1S/C23H29N3O3S/c1-15-13-18(25-22(29)23(2,3)4)30-20(15)21(28)24-17(16-9-6-5-7-10-16)14-26-12-8-11-19(26)27/h5-7,9-10,13,17H,8,11-12,14H2,1-4H3,(H,24,28)(H,25,29). The molecule has 1 unspecified atom stereocenters. The lowest BCUT2D eigenvalue weighted by Crippen LogP contribution is -2.38. The van der Waals surface area contributed by atoms with E-state index in [-0.39, 0.29) is 23.8 Å². The third kappa shape index (κ3) is 5.27. The molecule has 1 aromatic carbocycles. The molecule has 3 rings (SSSR count). The fourth-order valence-electron chi connectivity index (χ4n) is 3.33. The van der Waals surface area contributed by atoms with E-state index >= 15 is 0 Å². The van der Waals surface area contributed by atoms with Crippen LogP contribution in [0.15, 0.2) is 36.4 Å². The number of amides is 3. The molecule has 2 heterocycles. The summed E-state index contributed by atoms with van der Waals surface area (Å²) in [6.07, 6.45) is 1.42. The van der Waals surface area contributed by atoms with Crippen LogP contribution in [0.4, 0.5) is 5.00 Å². The lowest BCUT2D eigenvalue weighted by molar-refractivity contribution is -0.128. The number of hydrogen-bond donors (Lipinski definition) is 2. The van der Waals surface area contributed by atoms with Crippen molar-refractivity contribution in [3.05, 3.63) is 52.4 Å². The Morgan fingerprint density at radius 3 is 2.50 bits per heavy atom. The van der Waals surface area contributed by atoms with Gasteiger partial charge in [0.25, 0.3) is 5.91 Å². The molecule has 0 radical (unpaired) electrons. The molecule has 1 fully saturated rings. The SMILES string of the molecule is Cc1cc(NC(=O)C(C)(C)C)sc1C(=O)NC(CN1CCCC1=O)c1ccccc1. The Labute approximate surface area is 181 Å². The van der Waals surface area contributed by atoms with Crippen LogP contribution in [0.3, 0.4) is 0 Å². The van der Waals surface area contributed by atoms with Crippen LogP contribution < -0.4 is 10.6 Å². The van der Waals surface area contributed by atoms with Gasteiger partial charge in [0.15, 0.2) is 0 Å². The first-order chi connectivity index (χ1) is 14.1. The molecule has 1 saturated heterocycles. The fourth-order valence-corrected chi connectivity index (χ4v) is 4.30. The zero-order valence-corrected chi connectivity index (χ0v) is 18.8. The predicted molar refractivity (Wildman–Crippen MR) is 120 cm³/mol. The molecule has 2 N–H and O–H groups in total. The van der Waals surface area contributed by atoms with E-state index in [4.69, 9.17) is 0 Å². The summed E-state index contributed by atoms with van der Waals surface area (Å²) in [7, 11) is 0. The highest BCUT2D eigenvalue weighted by molar-refractivity contribution is 7.18. The quantitative estimate of drug-likeness (QED) is 0.727. The fraction of sp³-hybridized carbons (Fsp3) is 0.435. The molecule has 0 aliphatic carbocycles. The Morgan fingerprint density at radius 2 is 1.90 bits per heavy atom. The maximum Gasteiger partial charge on any atom is 0.262 e. The average Bonchev–Trinajstić information content (AvgIpc) is 3.26. The molecule has 1 aromatic heterocycles. The van der Waals surface area contributed by atoms with Crippen molar-refractivity contribution in [3.63, 3.8) is 0 Å². The van der Waals surface area contributed by atoms with E-state index in [2.05, 4.69) is 10.6 Å². The number of anilines is 1. The van der Waals surface area contributed by atoms with E-state index in [9.17, 15) is 14.4 Å². The van der Waals surface area contributed by atoms with E-state index in [0.29, 0.717) is 22.8 Å². The number of carbonyl (C=O) groups excluding carboxylic acids is 3. The molecule has 6 nitrogen and oxygen atoms in total. The van der Waals surface area contributed by atoms with Gasteiger partial charge in [0.2, 0.25) is 11.8 Å². The summed E-state index contributed by atoms with van der Waals surface area (Å²) in [6.45, 7) is 8.58. The number of nitrogens with one attached hydrogen (secondary N) is 2. The van der Waals surface area contributed by atoms with Gasteiger partial charge in [0.1, 0.15) is 0 Å². The molecule has 30 heavy (non-hydrogen) atoms. The topological polar surface area (TPSA) is 78.5 Å². The van der Waals surface area contributed by atoms with Gasteiger partial charge in [-0.1, -0.05) is 51.1 Å². The number of hydrogen-bond acceptors (Lipinski definition) is 4. The van der Waals surface area contributed by atoms with Crippen molar-refractivity contribution in [3.8, 4) is 0 Å². The molecule has 1 atom stereocenters. The Bertz CT molecular complexity index is 931. The summed E-state index contributed by atoms with van der Waals surface area (Å²) >= 11 is 1.27. The number of likely N-dealkylation sites (tertiary alicyclic amines) is 1. The molecule has 0 bridgehead atoms. The molecule has 1 aliphatic heterocycles. The maximum atomic E-state index is 13.1.